The van der Waals surface area contributed by atoms with Crippen LogP contribution in [-0.2, 0) is 11.3 Å². The van der Waals surface area contributed by atoms with Crippen molar-refractivity contribution in [1.82, 2.24) is 20.3 Å². The topological polar surface area (TPSA) is 114 Å². The molecular formula is C18H18N4O4S2. The standard InChI is InChI=1S/C18H18N4O4S2/c1-10-21-13-7-20-17(26-2)5-12(13)18(22-10)27-9-14(24)15-4-3-11(28-15)6-19-16(25)8-23/h3-5,7,23H,6,8-9H2,1-2H3,(H,19,25). The van der Waals surface area contributed by atoms with Crippen molar-refractivity contribution >= 4 is 45.7 Å². The van der Waals surface area contributed by atoms with Crippen LogP contribution in [0.15, 0.2) is 29.4 Å². The maximum absolute atomic E-state index is 12.6. The van der Waals surface area contributed by atoms with Gasteiger partial charge in [-0.05, 0) is 19.1 Å². The summed E-state index contributed by atoms with van der Waals surface area (Å²) in [5.74, 6) is 0.806. The Labute approximate surface area is 169 Å². The number of pyridine rings is 1. The fourth-order valence-electron chi connectivity index (χ4n) is 2.39. The second-order valence-corrected chi connectivity index (χ2v) is 7.86. The number of carbonyl (C=O) groups is 2. The number of methoxy groups -OCH3 is 1. The average molecular weight is 419 g/mol. The summed E-state index contributed by atoms with van der Waals surface area (Å²) in [6.07, 6.45) is 1.63. The molecule has 146 valence electrons. The number of rotatable bonds is 8. The van der Waals surface area contributed by atoms with Crippen LogP contribution in [-0.4, -0.2) is 51.2 Å². The van der Waals surface area contributed by atoms with Crippen molar-refractivity contribution in [2.75, 3.05) is 19.5 Å². The number of amides is 1. The molecular weight excluding hydrogens is 400 g/mol. The number of aliphatic hydroxyl groups is 1. The van der Waals surface area contributed by atoms with Crippen LogP contribution < -0.4 is 10.1 Å². The molecule has 3 heterocycles. The van der Waals surface area contributed by atoms with Gasteiger partial charge in [-0.15, -0.1) is 11.3 Å². The van der Waals surface area contributed by atoms with Gasteiger partial charge in [-0.3, -0.25) is 9.59 Å². The molecule has 0 saturated carbocycles. The van der Waals surface area contributed by atoms with E-state index >= 15 is 0 Å². The van der Waals surface area contributed by atoms with E-state index in [2.05, 4.69) is 20.3 Å². The molecule has 0 fully saturated rings. The molecule has 0 aliphatic rings. The summed E-state index contributed by atoms with van der Waals surface area (Å²) in [4.78, 5) is 38.1. The zero-order valence-corrected chi connectivity index (χ0v) is 16.9. The third-order valence-electron chi connectivity index (χ3n) is 3.72. The first-order valence-corrected chi connectivity index (χ1v) is 10.1. The van der Waals surface area contributed by atoms with E-state index in [4.69, 9.17) is 9.84 Å². The lowest BCUT2D eigenvalue weighted by molar-refractivity contribution is -0.123. The van der Waals surface area contributed by atoms with Gasteiger partial charge in [0.15, 0.2) is 5.78 Å². The lowest BCUT2D eigenvalue weighted by atomic mass is 10.3. The molecule has 3 rings (SSSR count). The van der Waals surface area contributed by atoms with Crippen LogP contribution in [0.5, 0.6) is 5.88 Å². The van der Waals surface area contributed by atoms with Crippen molar-refractivity contribution in [2.45, 2.75) is 18.5 Å². The number of ether oxygens (including phenoxy) is 1. The molecule has 0 aromatic carbocycles. The smallest absolute Gasteiger partial charge is 0.246 e. The van der Waals surface area contributed by atoms with E-state index in [-0.39, 0.29) is 18.1 Å². The van der Waals surface area contributed by atoms with E-state index in [0.717, 1.165) is 10.3 Å². The van der Waals surface area contributed by atoms with E-state index in [1.54, 1.807) is 31.3 Å². The van der Waals surface area contributed by atoms with E-state index in [1.165, 1.54) is 30.2 Å². The van der Waals surface area contributed by atoms with Crippen molar-refractivity contribution in [3.63, 3.8) is 0 Å². The number of carbonyl (C=O) groups excluding carboxylic acids is 2. The van der Waals surface area contributed by atoms with Crippen molar-refractivity contribution in [1.29, 1.82) is 0 Å². The SMILES string of the molecule is COc1cc2c(SCC(=O)c3ccc(CNC(=O)CO)s3)nc(C)nc2cn1. The van der Waals surface area contributed by atoms with Crippen LogP contribution in [0, 0.1) is 6.92 Å². The molecule has 0 aliphatic carbocycles. The summed E-state index contributed by atoms with van der Waals surface area (Å²) in [6, 6.07) is 5.29. The number of fused-ring (bicyclic) bond motifs is 1. The van der Waals surface area contributed by atoms with Crippen LogP contribution in [0.25, 0.3) is 10.9 Å². The lowest BCUT2D eigenvalue weighted by Crippen LogP contribution is -2.25. The number of hydrogen-bond acceptors (Lipinski definition) is 9. The van der Waals surface area contributed by atoms with E-state index < -0.39 is 12.5 Å². The van der Waals surface area contributed by atoms with Crippen LogP contribution in [0.3, 0.4) is 0 Å². The number of ketones is 1. The minimum atomic E-state index is -0.555. The van der Waals surface area contributed by atoms with Gasteiger partial charge in [-0.1, -0.05) is 11.8 Å². The molecule has 3 aromatic rings. The predicted molar refractivity (Wildman–Crippen MR) is 107 cm³/mol. The first-order valence-electron chi connectivity index (χ1n) is 8.31. The number of aliphatic hydroxyl groups excluding tert-OH is 1. The molecule has 2 N–H and O–H groups in total. The summed E-state index contributed by atoms with van der Waals surface area (Å²) in [5.41, 5.74) is 0.696. The third-order valence-corrected chi connectivity index (χ3v) is 5.84. The maximum Gasteiger partial charge on any atom is 0.246 e. The summed E-state index contributed by atoms with van der Waals surface area (Å²) in [7, 11) is 1.54. The normalized spacial score (nSPS) is 10.8. The van der Waals surface area contributed by atoms with Crippen molar-refractivity contribution in [2.24, 2.45) is 0 Å². The zero-order chi connectivity index (χ0) is 20.1. The van der Waals surface area contributed by atoms with Gasteiger partial charge in [-0.25, -0.2) is 15.0 Å². The molecule has 8 nitrogen and oxygen atoms in total. The Morgan fingerprint density at radius 2 is 2.14 bits per heavy atom. The van der Waals surface area contributed by atoms with Crippen LogP contribution in [0.4, 0.5) is 0 Å². The Balaban J connectivity index is 1.71. The van der Waals surface area contributed by atoms with E-state index in [9.17, 15) is 9.59 Å². The number of aryl methyl sites for hydroxylation is 1. The lowest BCUT2D eigenvalue weighted by Gasteiger charge is -2.07. The third kappa shape index (κ3) is 4.83. The van der Waals surface area contributed by atoms with Gasteiger partial charge in [0.2, 0.25) is 11.8 Å². The molecule has 0 aliphatic heterocycles. The van der Waals surface area contributed by atoms with Gasteiger partial charge >= 0.3 is 0 Å². The number of nitrogens with one attached hydrogen (secondary N) is 1. The van der Waals surface area contributed by atoms with Crippen molar-refractivity contribution < 1.29 is 19.4 Å². The highest BCUT2D eigenvalue weighted by atomic mass is 32.2. The first kappa shape index (κ1) is 20.2. The number of Topliss-reactive ketones (excluding diaryl/α,β-unsaturated/α-hetero) is 1. The van der Waals surface area contributed by atoms with Gasteiger partial charge in [0, 0.05) is 16.3 Å². The molecule has 28 heavy (non-hydrogen) atoms. The minimum Gasteiger partial charge on any atom is -0.481 e. The van der Waals surface area contributed by atoms with Crippen LogP contribution in [0.1, 0.15) is 20.4 Å². The molecule has 10 heteroatoms. The molecule has 3 aromatic heterocycles. The summed E-state index contributed by atoms with van der Waals surface area (Å²) >= 11 is 2.66. The van der Waals surface area contributed by atoms with Crippen molar-refractivity contribution in [3.8, 4) is 5.88 Å². The number of nitrogens with zero attached hydrogens (tertiary/aromatic N) is 3. The zero-order valence-electron chi connectivity index (χ0n) is 15.3. The van der Waals surface area contributed by atoms with Crippen molar-refractivity contribution in [3.05, 3.63) is 40.0 Å². The quantitative estimate of drug-likeness (QED) is 0.324. The summed E-state index contributed by atoms with van der Waals surface area (Å²) in [5, 5.41) is 12.8. The van der Waals surface area contributed by atoms with Crippen LogP contribution >= 0.6 is 23.1 Å². The van der Waals surface area contributed by atoms with E-state index in [1.807, 2.05) is 0 Å². The summed E-state index contributed by atoms with van der Waals surface area (Å²) in [6.45, 7) is 1.52. The Morgan fingerprint density at radius 3 is 2.89 bits per heavy atom. The molecule has 0 bridgehead atoms. The molecule has 0 radical (unpaired) electrons. The second-order valence-electron chi connectivity index (χ2n) is 5.73. The number of thioether (sulfide) groups is 1. The molecule has 1 amide bonds. The Bertz CT molecular complexity index is 1020. The Hall–Kier alpha value is -2.56. The maximum atomic E-state index is 12.6. The predicted octanol–water partition coefficient (Wildman–Crippen LogP) is 1.99. The van der Waals surface area contributed by atoms with E-state index in [0.29, 0.717) is 27.1 Å². The highest BCUT2D eigenvalue weighted by molar-refractivity contribution is 8.00. The first-order chi connectivity index (χ1) is 13.5. The van der Waals surface area contributed by atoms with Gasteiger partial charge < -0.3 is 15.2 Å². The number of aromatic nitrogens is 3. The monoisotopic (exact) mass is 418 g/mol. The van der Waals surface area contributed by atoms with Gasteiger partial charge in [0.05, 0.1) is 36.0 Å². The highest BCUT2D eigenvalue weighted by Gasteiger charge is 2.14. The Morgan fingerprint density at radius 1 is 1.32 bits per heavy atom. The largest absolute Gasteiger partial charge is 0.481 e. The highest BCUT2D eigenvalue weighted by Crippen LogP contribution is 2.28. The molecule has 0 atom stereocenters. The number of thiophene rings is 1. The molecule has 0 unspecified atom stereocenters. The van der Waals surface area contributed by atoms with Gasteiger partial charge in [0.25, 0.3) is 0 Å². The number of hydrogen-bond donors (Lipinski definition) is 2. The fraction of sp³-hybridized carbons (Fsp3) is 0.278. The Kier molecular flexibility index (Phi) is 6.55. The van der Waals surface area contributed by atoms with Gasteiger partial charge in [-0.2, -0.15) is 0 Å². The second kappa shape index (κ2) is 9.09. The van der Waals surface area contributed by atoms with Gasteiger partial charge in [0.1, 0.15) is 17.5 Å². The van der Waals surface area contributed by atoms with Crippen LogP contribution in [0.2, 0.25) is 0 Å². The minimum absolute atomic E-state index is 0.0276. The molecule has 0 spiro atoms. The average Bonchev–Trinajstić information content (AvgIpc) is 3.18. The summed E-state index contributed by atoms with van der Waals surface area (Å²) < 4.78 is 5.17. The fourth-order valence-corrected chi connectivity index (χ4v) is 4.30. The molecule has 0 saturated heterocycles.